The Balaban J connectivity index is 2.66. The first-order valence-corrected chi connectivity index (χ1v) is 6.19. The van der Waals surface area contributed by atoms with Crippen molar-refractivity contribution >= 4 is 17.5 Å². The number of nitrogens with one attached hydrogen (secondary N) is 1. The molecule has 0 radical (unpaired) electrons. The second-order valence-corrected chi connectivity index (χ2v) is 4.78. The van der Waals surface area contributed by atoms with Gasteiger partial charge in [-0.15, -0.1) is 0 Å². The van der Waals surface area contributed by atoms with Gasteiger partial charge < -0.3 is 16.0 Å². The Bertz CT molecular complexity index is 484. The Hall–Kier alpha value is -1.88. The predicted molar refractivity (Wildman–Crippen MR) is 75.8 cm³/mol. The molecule has 0 spiro atoms. The minimum Gasteiger partial charge on any atom is -0.335 e. The Morgan fingerprint density at radius 3 is 2.58 bits per heavy atom. The molecule has 0 aliphatic rings. The maximum absolute atomic E-state index is 11.9. The second kappa shape index (κ2) is 6.33. The first-order valence-electron chi connectivity index (χ1n) is 6.19. The van der Waals surface area contributed by atoms with Gasteiger partial charge in [0.2, 0.25) is 11.8 Å². The number of likely N-dealkylation sites (N-methyl/N-ethyl adjacent to an activating group) is 1. The van der Waals surface area contributed by atoms with Gasteiger partial charge in [0.05, 0.1) is 12.6 Å². The smallest absolute Gasteiger partial charge is 0.243 e. The van der Waals surface area contributed by atoms with Crippen molar-refractivity contribution in [1.29, 1.82) is 0 Å². The van der Waals surface area contributed by atoms with Crippen LogP contribution in [-0.4, -0.2) is 36.3 Å². The standard InChI is InChI=1S/C14H21N3O2/c1-9-6-5-7-12(10(9)2)16-13(18)8-17(4)14(19)11(3)15/h5-7,11H,8,15H2,1-4H3,(H,16,18)/t11-/m1/s1. The van der Waals surface area contributed by atoms with Crippen LogP contribution in [0.5, 0.6) is 0 Å². The second-order valence-electron chi connectivity index (χ2n) is 4.78. The molecule has 0 bridgehead atoms. The van der Waals surface area contributed by atoms with Crippen molar-refractivity contribution < 1.29 is 9.59 Å². The molecule has 5 heteroatoms. The highest BCUT2D eigenvalue weighted by molar-refractivity contribution is 5.95. The van der Waals surface area contributed by atoms with Crippen LogP contribution in [0.3, 0.4) is 0 Å². The summed E-state index contributed by atoms with van der Waals surface area (Å²) < 4.78 is 0. The SMILES string of the molecule is Cc1cccc(NC(=O)CN(C)C(=O)[C@@H](C)N)c1C. The van der Waals surface area contributed by atoms with Crippen LogP contribution in [0.2, 0.25) is 0 Å². The molecule has 0 aliphatic carbocycles. The van der Waals surface area contributed by atoms with Gasteiger partial charge >= 0.3 is 0 Å². The highest BCUT2D eigenvalue weighted by Gasteiger charge is 2.16. The van der Waals surface area contributed by atoms with E-state index in [2.05, 4.69) is 5.32 Å². The molecule has 1 rings (SSSR count). The van der Waals surface area contributed by atoms with Gasteiger partial charge in [-0.1, -0.05) is 12.1 Å². The van der Waals surface area contributed by atoms with Crippen molar-refractivity contribution in [2.24, 2.45) is 5.73 Å². The minimum atomic E-state index is -0.599. The lowest BCUT2D eigenvalue weighted by Gasteiger charge is -2.19. The molecule has 19 heavy (non-hydrogen) atoms. The van der Waals surface area contributed by atoms with Crippen LogP contribution in [0.25, 0.3) is 0 Å². The molecule has 0 saturated carbocycles. The summed E-state index contributed by atoms with van der Waals surface area (Å²) in [5.41, 5.74) is 8.39. The van der Waals surface area contributed by atoms with Crippen molar-refractivity contribution in [3.05, 3.63) is 29.3 Å². The molecule has 0 unspecified atom stereocenters. The van der Waals surface area contributed by atoms with Gasteiger partial charge in [0, 0.05) is 12.7 Å². The highest BCUT2D eigenvalue weighted by atomic mass is 16.2. The largest absolute Gasteiger partial charge is 0.335 e. The fourth-order valence-electron chi connectivity index (χ4n) is 1.72. The first-order chi connectivity index (χ1) is 8.82. The number of carbonyl (C=O) groups is 2. The zero-order chi connectivity index (χ0) is 14.6. The van der Waals surface area contributed by atoms with Gasteiger partial charge in [-0.05, 0) is 38.0 Å². The van der Waals surface area contributed by atoms with Crippen LogP contribution in [0.1, 0.15) is 18.1 Å². The number of anilines is 1. The van der Waals surface area contributed by atoms with E-state index >= 15 is 0 Å². The van der Waals surface area contributed by atoms with E-state index in [1.807, 2.05) is 32.0 Å². The van der Waals surface area contributed by atoms with Gasteiger partial charge in [0.25, 0.3) is 0 Å². The number of hydrogen-bond acceptors (Lipinski definition) is 3. The van der Waals surface area contributed by atoms with E-state index in [0.29, 0.717) is 0 Å². The summed E-state index contributed by atoms with van der Waals surface area (Å²) in [7, 11) is 1.56. The van der Waals surface area contributed by atoms with Gasteiger partial charge in [-0.25, -0.2) is 0 Å². The van der Waals surface area contributed by atoms with Crippen molar-refractivity contribution in [2.45, 2.75) is 26.8 Å². The number of carbonyl (C=O) groups excluding carboxylic acids is 2. The number of hydrogen-bond donors (Lipinski definition) is 2. The summed E-state index contributed by atoms with van der Waals surface area (Å²) in [6.45, 7) is 5.52. The zero-order valence-electron chi connectivity index (χ0n) is 11.9. The van der Waals surface area contributed by atoms with Crippen molar-refractivity contribution in [2.75, 3.05) is 18.9 Å². The summed E-state index contributed by atoms with van der Waals surface area (Å²) in [5.74, 6) is -0.485. The molecule has 0 aromatic heterocycles. The van der Waals surface area contributed by atoms with E-state index in [0.717, 1.165) is 16.8 Å². The van der Waals surface area contributed by atoms with E-state index in [4.69, 9.17) is 5.73 Å². The number of benzene rings is 1. The Morgan fingerprint density at radius 1 is 1.37 bits per heavy atom. The molecule has 0 aliphatic heterocycles. The van der Waals surface area contributed by atoms with Gasteiger partial charge in [-0.2, -0.15) is 0 Å². The topological polar surface area (TPSA) is 75.4 Å². The highest BCUT2D eigenvalue weighted by Crippen LogP contribution is 2.17. The van der Waals surface area contributed by atoms with Crippen molar-refractivity contribution in [3.63, 3.8) is 0 Å². The Labute approximate surface area is 113 Å². The molecule has 1 aromatic carbocycles. The number of nitrogens with two attached hydrogens (primary N) is 1. The number of nitrogens with zero attached hydrogens (tertiary/aromatic N) is 1. The lowest BCUT2D eigenvalue weighted by atomic mass is 10.1. The molecule has 5 nitrogen and oxygen atoms in total. The summed E-state index contributed by atoms with van der Waals surface area (Å²) >= 11 is 0. The van der Waals surface area contributed by atoms with Gasteiger partial charge in [0.15, 0.2) is 0 Å². The Kier molecular flexibility index (Phi) is 5.06. The molecule has 2 amide bonds. The summed E-state index contributed by atoms with van der Waals surface area (Å²) in [6, 6.07) is 5.11. The van der Waals surface area contributed by atoms with Crippen LogP contribution in [0.4, 0.5) is 5.69 Å². The third-order valence-electron chi connectivity index (χ3n) is 3.03. The summed E-state index contributed by atoms with van der Waals surface area (Å²) in [5, 5.41) is 2.80. The molecule has 0 fully saturated rings. The molecule has 0 saturated heterocycles. The minimum absolute atomic E-state index is 0.00620. The molecule has 3 N–H and O–H groups in total. The summed E-state index contributed by atoms with van der Waals surface area (Å²) in [6.07, 6.45) is 0. The van der Waals surface area contributed by atoms with Crippen LogP contribution in [0.15, 0.2) is 18.2 Å². The van der Waals surface area contributed by atoms with E-state index in [-0.39, 0.29) is 18.4 Å². The normalized spacial score (nSPS) is 11.8. The van der Waals surface area contributed by atoms with E-state index < -0.39 is 6.04 Å². The average molecular weight is 263 g/mol. The van der Waals surface area contributed by atoms with Gasteiger partial charge in [-0.3, -0.25) is 9.59 Å². The lowest BCUT2D eigenvalue weighted by Crippen LogP contribution is -2.43. The average Bonchev–Trinajstić information content (AvgIpc) is 2.33. The third-order valence-corrected chi connectivity index (χ3v) is 3.03. The molecule has 1 aromatic rings. The lowest BCUT2D eigenvalue weighted by molar-refractivity contribution is -0.134. The molecule has 1 atom stereocenters. The van der Waals surface area contributed by atoms with Crippen LogP contribution in [-0.2, 0) is 9.59 Å². The zero-order valence-corrected chi connectivity index (χ0v) is 11.9. The molecule has 0 heterocycles. The Morgan fingerprint density at radius 2 is 2.00 bits per heavy atom. The van der Waals surface area contributed by atoms with Gasteiger partial charge in [0.1, 0.15) is 0 Å². The number of amides is 2. The van der Waals surface area contributed by atoms with Crippen LogP contribution in [0, 0.1) is 13.8 Å². The fourth-order valence-corrected chi connectivity index (χ4v) is 1.72. The fraction of sp³-hybridized carbons (Fsp3) is 0.429. The monoisotopic (exact) mass is 263 g/mol. The maximum Gasteiger partial charge on any atom is 0.243 e. The molecular formula is C14H21N3O2. The third kappa shape index (κ3) is 4.06. The number of rotatable bonds is 4. The van der Waals surface area contributed by atoms with E-state index in [1.165, 1.54) is 4.90 Å². The van der Waals surface area contributed by atoms with E-state index in [1.54, 1.807) is 14.0 Å². The van der Waals surface area contributed by atoms with Crippen molar-refractivity contribution in [3.8, 4) is 0 Å². The molecular weight excluding hydrogens is 242 g/mol. The number of aryl methyl sites for hydroxylation is 1. The van der Waals surface area contributed by atoms with E-state index in [9.17, 15) is 9.59 Å². The van der Waals surface area contributed by atoms with Crippen molar-refractivity contribution in [1.82, 2.24) is 4.90 Å². The first kappa shape index (κ1) is 15.2. The summed E-state index contributed by atoms with van der Waals surface area (Å²) in [4.78, 5) is 24.8. The van der Waals surface area contributed by atoms with Crippen LogP contribution < -0.4 is 11.1 Å². The van der Waals surface area contributed by atoms with Crippen LogP contribution >= 0.6 is 0 Å². The maximum atomic E-state index is 11.9. The molecule has 104 valence electrons. The predicted octanol–water partition coefficient (Wildman–Crippen LogP) is 1.05. The quantitative estimate of drug-likeness (QED) is 0.852.